The second-order valence-electron chi connectivity index (χ2n) is 6.22. The largest absolute Gasteiger partial charge is 0.481 e. The molecule has 1 amide bonds. The summed E-state index contributed by atoms with van der Waals surface area (Å²) in [5.41, 5.74) is -0.0631. The molecule has 0 spiro atoms. The van der Waals surface area contributed by atoms with Gasteiger partial charge in [-0.05, 0) is 24.3 Å². The van der Waals surface area contributed by atoms with Crippen molar-refractivity contribution in [2.24, 2.45) is 5.41 Å². The number of thiophene rings is 1. The van der Waals surface area contributed by atoms with E-state index >= 15 is 0 Å². The Balaban J connectivity index is 1.56. The molecule has 2 aromatic heterocycles. The molecule has 3 rings (SSSR count). The SMILES string of the molecule is O=C(Cc1csc(-c2cccs2)n1)NCC1(C(=O)O)CCCCC1. The van der Waals surface area contributed by atoms with Crippen LogP contribution < -0.4 is 5.32 Å². The van der Waals surface area contributed by atoms with Gasteiger partial charge >= 0.3 is 5.97 Å². The monoisotopic (exact) mass is 364 g/mol. The van der Waals surface area contributed by atoms with Crippen LogP contribution in [0.25, 0.3) is 9.88 Å². The molecule has 2 heterocycles. The summed E-state index contributed by atoms with van der Waals surface area (Å²) in [5, 5.41) is 17.2. The highest BCUT2D eigenvalue weighted by atomic mass is 32.1. The molecule has 5 nitrogen and oxygen atoms in total. The molecule has 2 aromatic rings. The Morgan fingerprint density at radius 3 is 2.71 bits per heavy atom. The minimum atomic E-state index is -0.795. The lowest BCUT2D eigenvalue weighted by Crippen LogP contribution is -2.44. The lowest BCUT2D eigenvalue weighted by atomic mass is 9.74. The van der Waals surface area contributed by atoms with Gasteiger partial charge in [0.15, 0.2) is 0 Å². The van der Waals surface area contributed by atoms with Crippen LogP contribution in [0.1, 0.15) is 37.8 Å². The molecule has 2 N–H and O–H groups in total. The van der Waals surface area contributed by atoms with Crippen molar-refractivity contribution in [3.05, 3.63) is 28.6 Å². The number of carbonyl (C=O) groups excluding carboxylic acids is 1. The van der Waals surface area contributed by atoms with Crippen molar-refractivity contribution in [2.45, 2.75) is 38.5 Å². The summed E-state index contributed by atoms with van der Waals surface area (Å²) in [6.07, 6.45) is 4.38. The Labute approximate surface area is 148 Å². The molecule has 0 bridgehead atoms. The van der Waals surface area contributed by atoms with Crippen molar-refractivity contribution in [2.75, 3.05) is 6.54 Å². The van der Waals surface area contributed by atoms with E-state index in [-0.39, 0.29) is 18.9 Å². The zero-order valence-corrected chi connectivity index (χ0v) is 14.9. The Bertz CT molecular complexity index is 703. The van der Waals surface area contributed by atoms with Gasteiger partial charge < -0.3 is 10.4 Å². The van der Waals surface area contributed by atoms with Crippen molar-refractivity contribution >= 4 is 34.6 Å². The third-order valence-corrected chi connectivity index (χ3v) is 6.44. The van der Waals surface area contributed by atoms with Crippen LogP contribution in [-0.4, -0.2) is 28.5 Å². The third kappa shape index (κ3) is 3.84. The fraction of sp³-hybridized carbons (Fsp3) is 0.471. The first kappa shape index (κ1) is 17.1. The van der Waals surface area contributed by atoms with E-state index in [1.165, 1.54) is 11.3 Å². The van der Waals surface area contributed by atoms with E-state index in [0.717, 1.165) is 34.8 Å². The van der Waals surface area contributed by atoms with Gasteiger partial charge in [0.2, 0.25) is 5.91 Å². The molecule has 1 fully saturated rings. The molecule has 24 heavy (non-hydrogen) atoms. The molecule has 0 aromatic carbocycles. The van der Waals surface area contributed by atoms with E-state index in [0.29, 0.717) is 12.8 Å². The van der Waals surface area contributed by atoms with Crippen LogP contribution in [0.5, 0.6) is 0 Å². The molecule has 128 valence electrons. The fourth-order valence-electron chi connectivity index (χ4n) is 3.09. The number of aliphatic carboxylic acids is 1. The highest BCUT2D eigenvalue weighted by Gasteiger charge is 2.39. The number of thiazole rings is 1. The van der Waals surface area contributed by atoms with Crippen LogP contribution in [0, 0.1) is 5.41 Å². The molecule has 7 heteroatoms. The summed E-state index contributed by atoms with van der Waals surface area (Å²) in [6.45, 7) is 0.211. The van der Waals surface area contributed by atoms with Gasteiger partial charge in [0.1, 0.15) is 5.01 Å². The van der Waals surface area contributed by atoms with Crippen LogP contribution in [0.4, 0.5) is 0 Å². The summed E-state index contributed by atoms with van der Waals surface area (Å²) in [5.74, 6) is -0.958. The van der Waals surface area contributed by atoms with Crippen LogP contribution in [0.3, 0.4) is 0 Å². The molecule has 1 aliphatic carbocycles. The molecule has 1 saturated carbocycles. The summed E-state index contributed by atoms with van der Waals surface area (Å²) in [4.78, 5) is 29.4. The number of amides is 1. The lowest BCUT2D eigenvalue weighted by Gasteiger charge is -2.33. The molecule has 1 aliphatic rings. The second kappa shape index (κ2) is 7.44. The Morgan fingerprint density at radius 1 is 1.25 bits per heavy atom. The Hall–Kier alpha value is -1.73. The molecule has 0 saturated heterocycles. The highest BCUT2D eigenvalue weighted by Crippen LogP contribution is 2.36. The molecule has 0 unspecified atom stereocenters. The minimum Gasteiger partial charge on any atom is -0.481 e. The Morgan fingerprint density at radius 2 is 2.04 bits per heavy atom. The third-order valence-electron chi connectivity index (χ3n) is 4.51. The van der Waals surface area contributed by atoms with Gasteiger partial charge in [-0.1, -0.05) is 25.3 Å². The first-order valence-electron chi connectivity index (χ1n) is 8.07. The molecule has 0 aliphatic heterocycles. The lowest BCUT2D eigenvalue weighted by molar-refractivity contribution is -0.151. The van der Waals surface area contributed by atoms with Crippen LogP contribution in [-0.2, 0) is 16.0 Å². The van der Waals surface area contributed by atoms with Gasteiger partial charge in [-0.2, -0.15) is 0 Å². The maximum Gasteiger partial charge on any atom is 0.311 e. The van der Waals surface area contributed by atoms with E-state index in [9.17, 15) is 14.7 Å². The van der Waals surface area contributed by atoms with Gasteiger partial charge in [-0.15, -0.1) is 22.7 Å². The first-order valence-corrected chi connectivity index (χ1v) is 9.83. The number of aromatic nitrogens is 1. The standard InChI is InChI=1S/C17H20N2O3S2/c20-14(18-11-17(16(21)22)6-2-1-3-7-17)9-12-10-24-15(19-12)13-5-4-8-23-13/h4-5,8,10H,1-3,6-7,9,11H2,(H,18,20)(H,21,22). The van der Waals surface area contributed by atoms with E-state index in [1.54, 1.807) is 11.3 Å². The average Bonchev–Trinajstić information content (AvgIpc) is 3.25. The van der Waals surface area contributed by atoms with E-state index < -0.39 is 11.4 Å². The fourth-order valence-corrected chi connectivity index (χ4v) is 4.73. The number of hydrogen-bond acceptors (Lipinski definition) is 5. The van der Waals surface area contributed by atoms with Gasteiger partial charge in [0, 0.05) is 11.9 Å². The van der Waals surface area contributed by atoms with Gasteiger partial charge in [0.25, 0.3) is 0 Å². The average molecular weight is 364 g/mol. The number of nitrogens with one attached hydrogen (secondary N) is 1. The normalized spacial score (nSPS) is 16.7. The van der Waals surface area contributed by atoms with E-state index in [2.05, 4.69) is 10.3 Å². The topological polar surface area (TPSA) is 79.3 Å². The van der Waals surface area contributed by atoms with Gasteiger partial charge in [-0.3, -0.25) is 9.59 Å². The number of carboxylic acids is 1. The van der Waals surface area contributed by atoms with Crippen molar-refractivity contribution in [1.82, 2.24) is 10.3 Å². The summed E-state index contributed by atoms with van der Waals surface area (Å²) < 4.78 is 0. The summed E-state index contributed by atoms with van der Waals surface area (Å²) in [7, 11) is 0. The van der Waals surface area contributed by atoms with Crippen LogP contribution in [0.2, 0.25) is 0 Å². The Kier molecular flexibility index (Phi) is 5.30. The number of carboxylic acid groups (broad SMARTS) is 1. The maximum atomic E-state index is 12.2. The van der Waals surface area contributed by atoms with E-state index in [1.807, 2.05) is 22.9 Å². The van der Waals surface area contributed by atoms with Crippen molar-refractivity contribution < 1.29 is 14.7 Å². The van der Waals surface area contributed by atoms with Crippen LogP contribution >= 0.6 is 22.7 Å². The number of nitrogens with zero attached hydrogens (tertiary/aromatic N) is 1. The van der Waals surface area contributed by atoms with E-state index in [4.69, 9.17) is 0 Å². The van der Waals surface area contributed by atoms with Crippen molar-refractivity contribution in [1.29, 1.82) is 0 Å². The van der Waals surface area contributed by atoms with Crippen molar-refractivity contribution in [3.8, 4) is 9.88 Å². The summed E-state index contributed by atoms with van der Waals surface area (Å²) >= 11 is 3.15. The second-order valence-corrected chi connectivity index (χ2v) is 8.03. The predicted octanol–water partition coefficient (Wildman–Crippen LogP) is 3.57. The zero-order valence-electron chi connectivity index (χ0n) is 13.3. The number of carbonyl (C=O) groups is 2. The number of rotatable bonds is 6. The number of hydrogen-bond donors (Lipinski definition) is 2. The maximum absolute atomic E-state index is 12.2. The first-order chi connectivity index (χ1) is 11.6. The molecular formula is C17H20N2O3S2. The molecular weight excluding hydrogens is 344 g/mol. The predicted molar refractivity (Wildman–Crippen MR) is 95.3 cm³/mol. The minimum absolute atomic E-state index is 0.163. The van der Waals surface area contributed by atoms with Crippen molar-refractivity contribution in [3.63, 3.8) is 0 Å². The van der Waals surface area contributed by atoms with Gasteiger partial charge in [-0.25, -0.2) is 4.98 Å². The quantitative estimate of drug-likeness (QED) is 0.821. The highest BCUT2D eigenvalue weighted by molar-refractivity contribution is 7.20. The summed E-state index contributed by atoms with van der Waals surface area (Å²) in [6, 6.07) is 3.98. The van der Waals surface area contributed by atoms with Gasteiger partial charge in [0.05, 0.1) is 22.4 Å². The molecule has 0 atom stereocenters. The smallest absolute Gasteiger partial charge is 0.311 e. The van der Waals surface area contributed by atoms with Crippen LogP contribution in [0.15, 0.2) is 22.9 Å². The zero-order chi connectivity index (χ0) is 17.0. The molecule has 0 radical (unpaired) electrons.